The van der Waals surface area contributed by atoms with E-state index in [4.69, 9.17) is 15.2 Å². The quantitative estimate of drug-likeness (QED) is 0.885. The van der Waals surface area contributed by atoms with Crippen LogP contribution in [0.4, 0.5) is 10.7 Å². The van der Waals surface area contributed by atoms with Crippen LogP contribution in [-0.4, -0.2) is 20.1 Å². The molecule has 3 N–H and O–H groups in total. The molecule has 0 bridgehead atoms. The summed E-state index contributed by atoms with van der Waals surface area (Å²) in [5.41, 5.74) is 8.45. The van der Waals surface area contributed by atoms with E-state index >= 15 is 0 Å². The zero-order chi connectivity index (χ0) is 17.3. The molecule has 128 valence electrons. The number of hydrogen-bond acceptors (Lipinski definition) is 5. The van der Waals surface area contributed by atoms with Crippen molar-refractivity contribution in [3.63, 3.8) is 0 Å². The van der Waals surface area contributed by atoms with Gasteiger partial charge in [-0.1, -0.05) is 6.92 Å². The largest absolute Gasteiger partial charge is 0.497 e. The molecule has 5 nitrogen and oxygen atoms in total. The second-order valence-corrected chi connectivity index (χ2v) is 7.25. The SMILES string of the molecule is COc1ccc(OC)c(NC(=O)c2c(N)sc3c2CC[C@@H](C)C3)c1. The molecule has 0 saturated heterocycles. The van der Waals surface area contributed by atoms with E-state index in [2.05, 4.69) is 12.2 Å². The van der Waals surface area contributed by atoms with Gasteiger partial charge in [0.15, 0.2) is 0 Å². The minimum absolute atomic E-state index is 0.189. The van der Waals surface area contributed by atoms with Gasteiger partial charge in [-0.15, -0.1) is 11.3 Å². The molecular formula is C18H22N2O3S. The normalized spacial score (nSPS) is 16.4. The minimum Gasteiger partial charge on any atom is -0.497 e. The number of carbonyl (C=O) groups excluding carboxylic acids is 1. The van der Waals surface area contributed by atoms with Gasteiger partial charge in [0.25, 0.3) is 5.91 Å². The number of ether oxygens (including phenoxy) is 2. The number of carbonyl (C=O) groups is 1. The lowest BCUT2D eigenvalue weighted by atomic mass is 9.88. The molecule has 0 spiro atoms. The van der Waals surface area contributed by atoms with E-state index < -0.39 is 0 Å². The molecule has 1 atom stereocenters. The topological polar surface area (TPSA) is 73.6 Å². The highest BCUT2D eigenvalue weighted by molar-refractivity contribution is 7.16. The number of benzene rings is 1. The Hall–Kier alpha value is -2.21. The Balaban J connectivity index is 1.91. The third-order valence-corrected chi connectivity index (χ3v) is 5.50. The van der Waals surface area contributed by atoms with Crippen LogP contribution in [0, 0.1) is 5.92 Å². The van der Waals surface area contributed by atoms with Crippen molar-refractivity contribution in [3.8, 4) is 11.5 Å². The molecule has 0 aliphatic heterocycles. The van der Waals surface area contributed by atoms with E-state index in [1.165, 1.54) is 16.2 Å². The van der Waals surface area contributed by atoms with Crippen molar-refractivity contribution < 1.29 is 14.3 Å². The smallest absolute Gasteiger partial charge is 0.259 e. The first-order valence-corrected chi connectivity index (χ1v) is 8.78. The number of nitrogens with two attached hydrogens (primary N) is 1. The van der Waals surface area contributed by atoms with E-state index in [-0.39, 0.29) is 5.91 Å². The molecule has 0 fully saturated rings. The number of rotatable bonds is 4. The van der Waals surface area contributed by atoms with Crippen LogP contribution in [0.3, 0.4) is 0 Å². The highest BCUT2D eigenvalue weighted by atomic mass is 32.1. The van der Waals surface area contributed by atoms with Gasteiger partial charge < -0.3 is 20.5 Å². The molecular weight excluding hydrogens is 324 g/mol. The van der Waals surface area contributed by atoms with Crippen molar-refractivity contribution in [2.75, 3.05) is 25.3 Å². The predicted octanol–water partition coefficient (Wildman–Crippen LogP) is 3.72. The molecule has 1 heterocycles. The summed E-state index contributed by atoms with van der Waals surface area (Å²) in [6.07, 6.45) is 2.99. The van der Waals surface area contributed by atoms with Crippen molar-refractivity contribution in [1.29, 1.82) is 0 Å². The molecule has 1 aromatic carbocycles. The zero-order valence-electron chi connectivity index (χ0n) is 14.1. The Morgan fingerprint density at radius 1 is 1.33 bits per heavy atom. The summed E-state index contributed by atoms with van der Waals surface area (Å²) in [4.78, 5) is 14.1. The second-order valence-electron chi connectivity index (χ2n) is 6.11. The number of methoxy groups -OCH3 is 2. The summed E-state index contributed by atoms with van der Waals surface area (Å²) in [7, 11) is 3.15. The number of nitrogens with one attached hydrogen (secondary N) is 1. The van der Waals surface area contributed by atoms with Gasteiger partial charge >= 0.3 is 0 Å². The first-order valence-electron chi connectivity index (χ1n) is 7.96. The third-order valence-electron chi connectivity index (χ3n) is 4.42. The third kappa shape index (κ3) is 3.06. The molecule has 1 aromatic heterocycles. The van der Waals surface area contributed by atoms with E-state index in [9.17, 15) is 4.79 Å². The van der Waals surface area contributed by atoms with Gasteiger partial charge in [-0.25, -0.2) is 0 Å². The van der Waals surface area contributed by atoms with Crippen LogP contribution >= 0.6 is 11.3 Å². The van der Waals surface area contributed by atoms with Crippen LogP contribution in [-0.2, 0) is 12.8 Å². The van der Waals surface area contributed by atoms with Crippen LogP contribution in [0.15, 0.2) is 18.2 Å². The first-order chi connectivity index (χ1) is 11.5. The second kappa shape index (κ2) is 6.73. The highest BCUT2D eigenvalue weighted by Gasteiger charge is 2.27. The lowest BCUT2D eigenvalue weighted by Gasteiger charge is -2.19. The van der Waals surface area contributed by atoms with Gasteiger partial charge in [0, 0.05) is 10.9 Å². The lowest BCUT2D eigenvalue weighted by molar-refractivity contribution is 0.102. The fourth-order valence-electron chi connectivity index (χ4n) is 3.12. The Kier molecular flexibility index (Phi) is 4.66. The minimum atomic E-state index is -0.189. The number of hydrogen-bond donors (Lipinski definition) is 2. The molecule has 0 radical (unpaired) electrons. The van der Waals surface area contributed by atoms with Gasteiger partial charge in [0.1, 0.15) is 11.5 Å². The fraction of sp³-hybridized carbons (Fsp3) is 0.389. The molecule has 6 heteroatoms. The molecule has 2 aromatic rings. The summed E-state index contributed by atoms with van der Waals surface area (Å²) in [5, 5.41) is 3.51. The number of thiophene rings is 1. The van der Waals surface area contributed by atoms with Crippen molar-refractivity contribution in [2.24, 2.45) is 5.92 Å². The van der Waals surface area contributed by atoms with Crippen molar-refractivity contribution >= 4 is 27.9 Å². The summed E-state index contributed by atoms with van der Waals surface area (Å²) < 4.78 is 10.5. The maximum absolute atomic E-state index is 12.8. The van der Waals surface area contributed by atoms with Crippen LogP contribution in [0.5, 0.6) is 11.5 Å². The van der Waals surface area contributed by atoms with E-state index in [0.29, 0.717) is 33.7 Å². The predicted molar refractivity (Wildman–Crippen MR) is 97.4 cm³/mol. The number of amides is 1. The molecule has 1 amide bonds. The average Bonchev–Trinajstić information content (AvgIpc) is 2.89. The van der Waals surface area contributed by atoms with Crippen molar-refractivity contribution in [3.05, 3.63) is 34.2 Å². The summed E-state index contributed by atoms with van der Waals surface area (Å²) >= 11 is 1.54. The number of fused-ring (bicyclic) bond motifs is 1. The molecule has 0 unspecified atom stereocenters. The first kappa shape index (κ1) is 16.6. The van der Waals surface area contributed by atoms with Crippen LogP contribution in [0.25, 0.3) is 0 Å². The van der Waals surface area contributed by atoms with Crippen molar-refractivity contribution in [1.82, 2.24) is 0 Å². The zero-order valence-corrected chi connectivity index (χ0v) is 15.0. The molecule has 1 aliphatic rings. The van der Waals surface area contributed by atoms with E-state index in [0.717, 1.165) is 24.8 Å². The number of nitrogen functional groups attached to an aromatic ring is 1. The Morgan fingerprint density at radius 3 is 2.83 bits per heavy atom. The Morgan fingerprint density at radius 2 is 2.12 bits per heavy atom. The summed E-state index contributed by atoms with van der Waals surface area (Å²) in [6, 6.07) is 5.30. The fourth-order valence-corrected chi connectivity index (χ4v) is 4.40. The van der Waals surface area contributed by atoms with Gasteiger partial charge in [-0.05, 0) is 42.9 Å². The highest BCUT2D eigenvalue weighted by Crippen LogP contribution is 2.39. The van der Waals surface area contributed by atoms with Gasteiger partial charge in [0.2, 0.25) is 0 Å². The maximum atomic E-state index is 12.8. The maximum Gasteiger partial charge on any atom is 0.259 e. The summed E-state index contributed by atoms with van der Waals surface area (Å²) in [5.74, 6) is 1.69. The monoisotopic (exact) mass is 346 g/mol. The Bertz CT molecular complexity index is 770. The van der Waals surface area contributed by atoms with Gasteiger partial charge in [0.05, 0.1) is 30.5 Å². The van der Waals surface area contributed by atoms with E-state index in [1.54, 1.807) is 32.4 Å². The Labute approximate surface area is 145 Å². The molecule has 24 heavy (non-hydrogen) atoms. The van der Waals surface area contributed by atoms with Gasteiger partial charge in [-0.3, -0.25) is 4.79 Å². The lowest BCUT2D eigenvalue weighted by Crippen LogP contribution is -2.18. The average molecular weight is 346 g/mol. The van der Waals surface area contributed by atoms with Gasteiger partial charge in [-0.2, -0.15) is 0 Å². The van der Waals surface area contributed by atoms with Crippen molar-refractivity contribution in [2.45, 2.75) is 26.2 Å². The van der Waals surface area contributed by atoms with Crippen LogP contribution < -0.4 is 20.5 Å². The molecule has 0 saturated carbocycles. The molecule has 1 aliphatic carbocycles. The molecule has 3 rings (SSSR count). The standard InChI is InChI=1S/C18H22N2O3S/c1-10-4-6-12-15(8-10)24-17(19)16(12)18(21)20-13-9-11(22-2)5-7-14(13)23-3/h5,7,9-10H,4,6,8,19H2,1-3H3,(H,20,21)/t10-/m1/s1. The summed E-state index contributed by atoms with van der Waals surface area (Å²) in [6.45, 7) is 2.24. The van der Waals surface area contributed by atoms with Crippen LogP contribution in [0.1, 0.15) is 34.1 Å². The van der Waals surface area contributed by atoms with Crippen LogP contribution in [0.2, 0.25) is 0 Å². The number of anilines is 2. The van der Waals surface area contributed by atoms with E-state index in [1.807, 2.05) is 0 Å².